The number of anilines is 1. The van der Waals surface area contributed by atoms with E-state index >= 15 is 0 Å². The van der Waals surface area contributed by atoms with Gasteiger partial charge in [0.1, 0.15) is 5.69 Å². The summed E-state index contributed by atoms with van der Waals surface area (Å²) in [6.45, 7) is 4.91. The lowest BCUT2D eigenvalue weighted by Crippen LogP contribution is -2.39. The Bertz CT molecular complexity index is 1170. The van der Waals surface area contributed by atoms with Crippen molar-refractivity contribution < 1.29 is 9.53 Å². The van der Waals surface area contributed by atoms with Gasteiger partial charge in [-0.3, -0.25) is 19.6 Å². The number of nitrogens with zero attached hydrogens (tertiary/aromatic N) is 5. The molecule has 7 nitrogen and oxygen atoms in total. The minimum Gasteiger partial charge on any atom is -0.379 e. The minimum absolute atomic E-state index is 0.167. The van der Waals surface area contributed by atoms with Gasteiger partial charge in [0.15, 0.2) is 5.13 Å². The molecule has 0 aliphatic carbocycles. The number of hydrogen-bond donors (Lipinski definition) is 0. The molecule has 3 heterocycles. The number of carbonyl (C=O) groups excluding carboxylic acids is 1. The molecule has 158 valence electrons. The van der Waals surface area contributed by atoms with Crippen LogP contribution in [0.4, 0.5) is 5.13 Å². The Morgan fingerprint density at radius 1 is 1.00 bits per heavy atom. The number of rotatable bonds is 6. The number of thiazole rings is 1. The highest BCUT2D eigenvalue weighted by Crippen LogP contribution is 2.29. The second-order valence-corrected chi connectivity index (χ2v) is 8.48. The molecule has 1 aliphatic rings. The minimum atomic E-state index is -0.167. The third kappa shape index (κ3) is 4.41. The molecular formula is C23H23N5O2S. The van der Waals surface area contributed by atoms with E-state index in [0.29, 0.717) is 22.9 Å². The summed E-state index contributed by atoms with van der Waals surface area (Å²) in [6, 6.07) is 15.5. The Labute approximate surface area is 184 Å². The first-order valence-electron chi connectivity index (χ1n) is 10.5. The average molecular weight is 434 g/mol. The molecule has 0 bridgehead atoms. The van der Waals surface area contributed by atoms with Gasteiger partial charge in [0.2, 0.25) is 0 Å². The van der Waals surface area contributed by atoms with Crippen molar-refractivity contribution in [2.75, 3.05) is 44.3 Å². The summed E-state index contributed by atoms with van der Waals surface area (Å²) in [5.74, 6) is -0.167. The van der Waals surface area contributed by atoms with E-state index in [1.807, 2.05) is 48.5 Å². The second kappa shape index (κ2) is 9.05. The van der Waals surface area contributed by atoms with Crippen molar-refractivity contribution in [1.29, 1.82) is 0 Å². The number of carbonyl (C=O) groups is 1. The van der Waals surface area contributed by atoms with Crippen LogP contribution >= 0.6 is 11.3 Å². The normalized spacial score (nSPS) is 14.8. The Kier molecular flexibility index (Phi) is 5.84. The first kappa shape index (κ1) is 20.0. The number of fused-ring (bicyclic) bond motifs is 2. The van der Waals surface area contributed by atoms with E-state index in [-0.39, 0.29) is 5.91 Å². The molecule has 4 aromatic rings. The molecule has 1 amide bonds. The molecule has 0 unspecified atom stereocenters. The molecule has 1 aliphatic heterocycles. The molecule has 2 aromatic heterocycles. The van der Waals surface area contributed by atoms with Crippen molar-refractivity contribution in [1.82, 2.24) is 19.9 Å². The second-order valence-electron chi connectivity index (χ2n) is 7.47. The molecule has 0 N–H and O–H groups in total. The zero-order valence-corrected chi connectivity index (χ0v) is 17.9. The summed E-state index contributed by atoms with van der Waals surface area (Å²) in [4.78, 5) is 31.4. The van der Waals surface area contributed by atoms with E-state index < -0.39 is 0 Å². The van der Waals surface area contributed by atoms with E-state index in [1.165, 1.54) is 11.3 Å². The van der Waals surface area contributed by atoms with Crippen molar-refractivity contribution in [3.8, 4) is 0 Å². The lowest BCUT2D eigenvalue weighted by atomic mass is 10.2. The molecule has 8 heteroatoms. The quantitative estimate of drug-likeness (QED) is 0.463. The van der Waals surface area contributed by atoms with E-state index in [0.717, 1.165) is 55.0 Å². The van der Waals surface area contributed by atoms with Gasteiger partial charge in [-0.25, -0.2) is 9.97 Å². The van der Waals surface area contributed by atoms with Gasteiger partial charge in [0.25, 0.3) is 5.91 Å². The van der Waals surface area contributed by atoms with Crippen LogP contribution in [0.15, 0.2) is 54.7 Å². The molecule has 0 atom stereocenters. The maximum atomic E-state index is 13.5. The van der Waals surface area contributed by atoms with Gasteiger partial charge in [-0.2, -0.15) is 0 Å². The highest BCUT2D eigenvalue weighted by molar-refractivity contribution is 7.22. The lowest BCUT2D eigenvalue weighted by Gasteiger charge is -2.27. The predicted octanol–water partition coefficient (Wildman–Crippen LogP) is 3.61. The lowest BCUT2D eigenvalue weighted by molar-refractivity contribution is 0.0376. The zero-order valence-electron chi connectivity index (χ0n) is 17.1. The third-order valence-electron chi connectivity index (χ3n) is 5.39. The van der Waals surface area contributed by atoms with Crippen LogP contribution in [0, 0.1) is 0 Å². The van der Waals surface area contributed by atoms with Gasteiger partial charge in [-0.15, -0.1) is 0 Å². The van der Waals surface area contributed by atoms with Gasteiger partial charge >= 0.3 is 0 Å². The van der Waals surface area contributed by atoms with Crippen LogP contribution in [-0.2, 0) is 4.74 Å². The van der Waals surface area contributed by atoms with Gasteiger partial charge in [0, 0.05) is 26.2 Å². The number of para-hydroxylation sites is 3. The molecular weight excluding hydrogens is 410 g/mol. The van der Waals surface area contributed by atoms with Crippen LogP contribution in [0.3, 0.4) is 0 Å². The van der Waals surface area contributed by atoms with Crippen LogP contribution in [0.2, 0.25) is 0 Å². The van der Waals surface area contributed by atoms with Gasteiger partial charge in [-0.05, 0) is 30.7 Å². The Morgan fingerprint density at radius 3 is 2.55 bits per heavy atom. The Hall–Kier alpha value is -2.94. The summed E-state index contributed by atoms with van der Waals surface area (Å²) < 4.78 is 6.49. The number of aromatic nitrogens is 3. The van der Waals surface area contributed by atoms with E-state index in [9.17, 15) is 4.79 Å². The average Bonchev–Trinajstić information content (AvgIpc) is 3.26. The first-order valence-corrected chi connectivity index (χ1v) is 11.3. The summed E-state index contributed by atoms with van der Waals surface area (Å²) in [7, 11) is 0. The van der Waals surface area contributed by atoms with Crippen molar-refractivity contribution in [2.45, 2.75) is 6.42 Å². The standard InChI is InChI=1S/C23H23N5O2S/c29-22(20-16-24-17-6-1-2-7-18(17)25-20)28(11-5-10-27-12-14-30-15-13-27)23-26-19-8-3-4-9-21(19)31-23/h1-4,6-9,16H,5,10-15H2. The summed E-state index contributed by atoms with van der Waals surface area (Å²) in [6.07, 6.45) is 2.41. The topological polar surface area (TPSA) is 71.5 Å². The molecule has 31 heavy (non-hydrogen) atoms. The molecule has 0 saturated carbocycles. The van der Waals surface area contributed by atoms with Crippen LogP contribution in [0.5, 0.6) is 0 Å². The molecule has 1 fully saturated rings. The summed E-state index contributed by atoms with van der Waals surface area (Å²) in [5, 5.41) is 0.697. The molecule has 2 aromatic carbocycles. The summed E-state index contributed by atoms with van der Waals surface area (Å²) in [5.41, 5.74) is 2.73. The van der Waals surface area contributed by atoms with Gasteiger partial charge < -0.3 is 4.74 Å². The fourth-order valence-corrected chi connectivity index (χ4v) is 4.73. The van der Waals surface area contributed by atoms with Crippen molar-refractivity contribution >= 4 is 43.6 Å². The largest absolute Gasteiger partial charge is 0.379 e. The zero-order chi connectivity index (χ0) is 21.0. The van der Waals surface area contributed by atoms with Crippen LogP contribution in [-0.4, -0.2) is 65.2 Å². The van der Waals surface area contributed by atoms with Gasteiger partial charge in [-0.1, -0.05) is 35.6 Å². The fraction of sp³-hybridized carbons (Fsp3) is 0.304. The predicted molar refractivity (Wildman–Crippen MR) is 123 cm³/mol. The van der Waals surface area contributed by atoms with Crippen LogP contribution in [0.1, 0.15) is 16.9 Å². The molecule has 1 saturated heterocycles. The van der Waals surface area contributed by atoms with Crippen molar-refractivity contribution in [3.05, 3.63) is 60.4 Å². The maximum absolute atomic E-state index is 13.5. The number of ether oxygens (including phenoxy) is 1. The number of hydrogen-bond acceptors (Lipinski definition) is 7. The molecule has 0 spiro atoms. The van der Waals surface area contributed by atoms with E-state index in [2.05, 4.69) is 14.9 Å². The Morgan fingerprint density at radius 2 is 1.74 bits per heavy atom. The van der Waals surface area contributed by atoms with Crippen molar-refractivity contribution in [3.63, 3.8) is 0 Å². The highest BCUT2D eigenvalue weighted by atomic mass is 32.1. The first-order chi connectivity index (χ1) is 15.3. The number of benzene rings is 2. The summed E-state index contributed by atoms with van der Waals surface area (Å²) >= 11 is 1.53. The van der Waals surface area contributed by atoms with Crippen molar-refractivity contribution in [2.24, 2.45) is 0 Å². The number of amides is 1. The number of morpholine rings is 1. The SMILES string of the molecule is O=C(c1cnc2ccccc2n1)N(CCCN1CCOCC1)c1nc2ccccc2s1. The molecule has 0 radical (unpaired) electrons. The van der Waals surface area contributed by atoms with Crippen LogP contribution in [0.25, 0.3) is 21.3 Å². The highest BCUT2D eigenvalue weighted by Gasteiger charge is 2.23. The maximum Gasteiger partial charge on any atom is 0.280 e. The van der Waals surface area contributed by atoms with Crippen LogP contribution < -0.4 is 4.90 Å². The fourth-order valence-electron chi connectivity index (χ4n) is 3.74. The Balaban J connectivity index is 1.42. The van der Waals surface area contributed by atoms with Gasteiger partial charge in [0.05, 0.1) is 40.7 Å². The van der Waals surface area contributed by atoms with E-state index in [1.54, 1.807) is 11.1 Å². The molecule has 5 rings (SSSR count). The smallest absolute Gasteiger partial charge is 0.280 e. The monoisotopic (exact) mass is 433 g/mol. The van der Waals surface area contributed by atoms with E-state index in [4.69, 9.17) is 9.72 Å². The third-order valence-corrected chi connectivity index (χ3v) is 6.45.